The molecule has 8 heteroatoms. The maximum Gasteiger partial charge on any atom is 0.237 e. The Balaban J connectivity index is 1.71. The highest BCUT2D eigenvalue weighted by Gasteiger charge is 2.23. The fraction of sp³-hybridized carbons (Fsp3) is 0.480. The SMILES string of the molecule is CCCNc1nc(Nc2cccc(F)c2)ncc1C#C[C@H]1CCC[C@H](NC(=O)[C@H](C)NC)C1. The Labute approximate surface area is 195 Å². The summed E-state index contributed by atoms with van der Waals surface area (Å²) in [6, 6.07) is 6.11. The number of nitrogens with zero attached hydrogens (tertiary/aromatic N) is 2. The fourth-order valence-corrected chi connectivity index (χ4v) is 3.70. The van der Waals surface area contributed by atoms with Crippen LogP contribution < -0.4 is 21.3 Å². The molecule has 1 aromatic heterocycles. The van der Waals surface area contributed by atoms with Crippen molar-refractivity contribution in [1.29, 1.82) is 0 Å². The quantitative estimate of drug-likeness (QED) is 0.455. The monoisotopic (exact) mass is 452 g/mol. The molecule has 0 bridgehead atoms. The van der Waals surface area contributed by atoms with Crippen molar-refractivity contribution in [2.75, 3.05) is 24.2 Å². The van der Waals surface area contributed by atoms with Gasteiger partial charge in [0.1, 0.15) is 11.6 Å². The lowest BCUT2D eigenvalue weighted by atomic mass is 9.86. The summed E-state index contributed by atoms with van der Waals surface area (Å²) in [5.41, 5.74) is 1.31. The van der Waals surface area contributed by atoms with Gasteiger partial charge in [-0.1, -0.05) is 31.3 Å². The molecule has 2 aromatic rings. The van der Waals surface area contributed by atoms with Crippen LogP contribution in [-0.2, 0) is 4.79 Å². The van der Waals surface area contributed by atoms with E-state index in [0.717, 1.165) is 44.2 Å². The van der Waals surface area contributed by atoms with Crippen LogP contribution >= 0.6 is 0 Å². The minimum Gasteiger partial charge on any atom is -0.369 e. The Morgan fingerprint density at radius 1 is 1.33 bits per heavy atom. The summed E-state index contributed by atoms with van der Waals surface area (Å²) >= 11 is 0. The van der Waals surface area contributed by atoms with Gasteiger partial charge in [-0.25, -0.2) is 9.37 Å². The van der Waals surface area contributed by atoms with Crippen LogP contribution in [-0.4, -0.2) is 41.6 Å². The predicted octanol–water partition coefficient (Wildman–Crippen LogP) is 3.82. The second-order valence-electron chi connectivity index (χ2n) is 8.37. The average Bonchev–Trinajstić information content (AvgIpc) is 2.81. The number of likely N-dealkylation sites (N-methyl/N-ethyl adjacent to an activating group) is 1. The fourth-order valence-electron chi connectivity index (χ4n) is 3.70. The van der Waals surface area contributed by atoms with Gasteiger partial charge in [-0.15, -0.1) is 0 Å². The molecule has 7 nitrogen and oxygen atoms in total. The van der Waals surface area contributed by atoms with Crippen molar-refractivity contribution in [1.82, 2.24) is 20.6 Å². The molecule has 0 spiro atoms. The number of nitrogens with one attached hydrogen (secondary N) is 4. The van der Waals surface area contributed by atoms with Gasteiger partial charge in [-0.05, 0) is 57.9 Å². The van der Waals surface area contributed by atoms with E-state index in [-0.39, 0.29) is 29.7 Å². The minimum absolute atomic E-state index is 0.0250. The van der Waals surface area contributed by atoms with Gasteiger partial charge in [0.15, 0.2) is 0 Å². The van der Waals surface area contributed by atoms with E-state index >= 15 is 0 Å². The lowest BCUT2D eigenvalue weighted by Crippen LogP contribution is -2.46. The van der Waals surface area contributed by atoms with Gasteiger partial charge in [0.2, 0.25) is 11.9 Å². The number of halogens is 1. The van der Waals surface area contributed by atoms with Gasteiger partial charge >= 0.3 is 0 Å². The van der Waals surface area contributed by atoms with Crippen LogP contribution in [0.4, 0.5) is 21.8 Å². The van der Waals surface area contributed by atoms with Gasteiger partial charge < -0.3 is 21.3 Å². The van der Waals surface area contributed by atoms with E-state index in [9.17, 15) is 9.18 Å². The summed E-state index contributed by atoms with van der Waals surface area (Å²) in [4.78, 5) is 21.1. The Hall–Kier alpha value is -3.18. The molecule has 0 radical (unpaired) electrons. The summed E-state index contributed by atoms with van der Waals surface area (Å²) in [6.45, 7) is 4.69. The Morgan fingerprint density at radius 3 is 2.94 bits per heavy atom. The number of anilines is 3. The highest BCUT2D eigenvalue weighted by Crippen LogP contribution is 2.24. The van der Waals surface area contributed by atoms with E-state index in [1.807, 2.05) is 6.92 Å². The molecule has 0 saturated heterocycles. The lowest BCUT2D eigenvalue weighted by Gasteiger charge is -2.28. The van der Waals surface area contributed by atoms with E-state index < -0.39 is 0 Å². The summed E-state index contributed by atoms with van der Waals surface area (Å²) in [5, 5.41) is 12.5. The van der Waals surface area contributed by atoms with Crippen molar-refractivity contribution in [2.45, 2.75) is 58.0 Å². The van der Waals surface area contributed by atoms with Crippen molar-refractivity contribution in [2.24, 2.45) is 5.92 Å². The first kappa shape index (κ1) is 24.5. The molecule has 1 amide bonds. The molecule has 0 aliphatic heterocycles. The van der Waals surface area contributed by atoms with Crippen molar-refractivity contribution < 1.29 is 9.18 Å². The molecule has 1 heterocycles. The maximum atomic E-state index is 13.5. The van der Waals surface area contributed by atoms with Crippen molar-refractivity contribution in [3.63, 3.8) is 0 Å². The summed E-state index contributed by atoms with van der Waals surface area (Å²) in [6.07, 6.45) is 6.50. The summed E-state index contributed by atoms with van der Waals surface area (Å²) < 4.78 is 13.5. The summed E-state index contributed by atoms with van der Waals surface area (Å²) in [5.74, 6) is 7.56. The zero-order valence-corrected chi connectivity index (χ0v) is 19.5. The van der Waals surface area contributed by atoms with Gasteiger partial charge in [-0.2, -0.15) is 4.98 Å². The highest BCUT2D eigenvalue weighted by molar-refractivity contribution is 5.81. The Kier molecular flexibility index (Phi) is 9.02. The lowest BCUT2D eigenvalue weighted by molar-refractivity contribution is -0.123. The predicted molar refractivity (Wildman–Crippen MR) is 130 cm³/mol. The number of rotatable bonds is 8. The Bertz CT molecular complexity index is 1000. The molecule has 1 aliphatic rings. The molecule has 3 rings (SSSR count). The highest BCUT2D eigenvalue weighted by atomic mass is 19.1. The molecule has 4 N–H and O–H groups in total. The molecule has 1 aliphatic carbocycles. The van der Waals surface area contributed by atoms with Crippen LogP contribution in [0.25, 0.3) is 0 Å². The normalized spacial score (nSPS) is 18.5. The molecule has 1 aromatic carbocycles. The summed E-state index contributed by atoms with van der Waals surface area (Å²) in [7, 11) is 1.78. The molecule has 1 saturated carbocycles. The number of carbonyl (C=O) groups excluding carboxylic acids is 1. The van der Waals surface area contributed by atoms with Crippen molar-refractivity contribution in [3.05, 3.63) is 41.8 Å². The molecular formula is C25H33FN6O. The minimum atomic E-state index is -0.325. The third-order valence-electron chi connectivity index (χ3n) is 5.67. The first-order chi connectivity index (χ1) is 16.0. The van der Waals surface area contributed by atoms with Gasteiger partial charge in [0.25, 0.3) is 0 Å². The number of hydrogen-bond acceptors (Lipinski definition) is 6. The van der Waals surface area contributed by atoms with Gasteiger partial charge in [-0.3, -0.25) is 4.79 Å². The van der Waals surface area contributed by atoms with E-state index in [0.29, 0.717) is 17.5 Å². The molecular weight excluding hydrogens is 419 g/mol. The van der Waals surface area contributed by atoms with E-state index in [2.05, 4.69) is 50.0 Å². The van der Waals surface area contributed by atoms with Crippen LogP contribution in [0.3, 0.4) is 0 Å². The van der Waals surface area contributed by atoms with E-state index in [1.165, 1.54) is 12.1 Å². The first-order valence-electron chi connectivity index (χ1n) is 11.6. The zero-order chi connectivity index (χ0) is 23.6. The third-order valence-corrected chi connectivity index (χ3v) is 5.67. The second kappa shape index (κ2) is 12.2. The van der Waals surface area contributed by atoms with E-state index in [4.69, 9.17) is 0 Å². The number of aromatic nitrogens is 2. The molecule has 1 fully saturated rings. The number of amides is 1. The van der Waals surface area contributed by atoms with Gasteiger partial charge in [0, 0.05) is 24.2 Å². The largest absolute Gasteiger partial charge is 0.369 e. The standard InChI is InChI=1S/C25H33FN6O/c1-4-13-28-23-19(16-29-25(32-23)31-22-10-6-8-20(26)15-22)12-11-18-7-5-9-21(14-18)30-24(33)17(2)27-3/h6,8,10,15-18,21,27H,4-5,7,9,13-14H2,1-3H3,(H,30,33)(H2,28,29,31,32)/t17-,18+,21-/m0/s1. The number of carbonyl (C=O) groups is 1. The zero-order valence-electron chi connectivity index (χ0n) is 19.5. The first-order valence-corrected chi connectivity index (χ1v) is 11.6. The second-order valence-corrected chi connectivity index (χ2v) is 8.37. The molecule has 0 unspecified atom stereocenters. The molecule has 3 atom stereocenters. The van der Waals surface area contributed by atoms with Crippen LogP contribution in [0.2, 0.25) is 0 Å². The van der Waals surface area contributed by atoms with Crippen LogP contribution in [0, 0.1) is 23.6 Å². The maximum absolute atomic E-state index is 13.5. The van der Waals surface area contributed by atoms with Crippen LogP contribution in [0.5, 0.6) is 0 Å². The van der Waals surface area contributed by atoms with Gasteiger partial charge in [0.05, 0.1) is 17.8 Å². The van der Waals surface area contributed by atoms with Crippen LogP contribution in [0.15, 0.2) is 30.5 Å². The third kappa shape index (κ3) is 7.43. The molecule has 33 heavy (non-hydrogen) atoms. The Morgan fingerprint density at radius 2 is 2.18 bits per heavy atom. The number of benzene rings is 1. The smallest absolute Gasteiger partial charge is 0.237 e. The van der Waals surface area contributed by atoms with Crippen molar-refractivity contribution in [3.8, 4) is 11.8 Å². The number of hydrogen-bond donors (Lipinski definition) is 4. The van der Waals surface area contributed by atoms with Crippen molar-refractivity contribution >= 4 is 23.4 Å². The van der Waals surface area contributed by atoms with Crippen LogP contribution in [0.1, 0.15) is 51.5 Å². The molecule has 176 valence electrons. The average molecular weight is 453 g/mol. The van der Waals surface area contributed by atoms with E-state index in [1.54, 1.807) is 25.4 Å². The topological polar surface area (TPSA) is 91.0 Å².